The molecule has 0 aliphatic carbocycles. The zero-order chi connectivity index (χ0) is 13.9. The van der Waals surface area contributed by atoms with E-state index in [0.29, 0.717) is 24.8 Å². The molecular formula is C14H25NO3. The van der Waals surface area contributed by atoms with Crippen molar-refractivity contribution in [2.75, 3.05) is 6.54 Å². The third-order valence-corrected chi connectivity index (χ3v) is 4.32. The van der Waals surface area contributed by atoms with E-state index in [2.05, 4.69) is 13.8 Å². The van der Waals surface area contributed by atoms with Gasteiger partial charge in [-0.1, -0.05) is 34.1 Å². The molecule has 4 heteroatoms. The maximum Gasteiger partial charge on any atom is 0.326 e. The molecule has 0 aromatic carbocycles. The molecule has 104 valence electrons. The molecule has 4 nitrogen and oxygen atoms in total. The number of carbonyl (C=O) groups is 2. The Hall–Kier alpha value is -1.06. The van der Waals surface area contributed by atoms with Crippen LogP contribution >= 0.6 is 0 Å². The summed E-state index contributed by atoms with van der Waals surface area (Å²) in [5, 5.41) is 9.26. The van der Waals surface area contributed by atoms with Crippen LogP contribution in [0.5, 0.6) is 0 Å². The van der Waals surface area contributed by atoms with E-state index >= 15 is 0 Å². The predicted octanol–water partition coefficient (Wildman–Crippen LogP) is 2.38. The van der Waals surface area contributed by atoms with Crippen molar-refractivity contribution in [3.63, 3.8) is 0 Å². The van der Waals surface area contributed by atoms with Crippen molar-refractivity contribution in [2.24, 2.45) is 17.8 Å². The quantitative estimate of drug-likeness (QED) is 0.839. The van der Waals surface area contributed by atoms with Crippen LogP contribution in [0.25, 0.3) is 0 Å². The lowest BCUT2D eigenvalue weighted by Crippen LogP contribution is -2.52. The van der Waals surface area contributed by atoms with Gasteiger partial charge in [-0.25, -0.2) is 4.79 Å². The molecule has 1 saturated heterocycles. The van der Waals surface area contributed by atoms with E-state index in [1.807, 2.05) is 13.8 Å². The average molecular weight is 255 g/mol. The summed E-state index contributed by atoms with van der Waals surface area (Å²) in [6.45, 7) is 8.65. The Kier molecular flexibility index (Phi) is 5.17. The molecule has 0 aromatic heterocycles. The van der Waals surface area contributed by atoms with Crippen LogP contribution in [0.3, 0.4) is 0 Å². The number of rotatable bonds is 4. The average Bonchev–Trinajstić information content (AvgIpc) is 2.35. The zero-order valence-electron chi connectivity index (χ0n) is 11.8. The van der Waals surface area contributed by atoms with Gasteiger partial charge in [-0.05, 0) is 24.7 Å². The molecule has 1 aliphatic heterocycles. The second-order valence-corrected chi connectivity index (χ2v) is 5.69. The molecule has 0 bridgehead atoms. The molecule has 18 heavy (non-hydrogen) atoms. The minimum atomic E-state index is -0.869. The summed E-state index contributed by atoms with van der Waals surface area (Å²) in [4.78, 5) is 25.2. The second-order valence-electron chi connectivity index (χ2n) is 5.69. The van der Waals surface area contributed by atoms with E-state index < -0.39 is 12.0 Å². The number of hydrogen-bond acceptors (Lipinski definition) is 2. The topological polar surface area (TPSA) is 57.6 Å². The highest BCUT2D eigenvalue weighted by Crippen LogP contribution is 2.26. The SMILES string of the molecule is CCC(C)C(C)C(=O)N1CCC(C)CC1C(=O)O. The summed E-state index contributed by atoms with van der Waals surface area (Å²) in [6, 6.07) is -0.632. The lowest BCUT2D eigenvalue weighted by atomic mass is 9.88. The molecule has 0 aromatic rings. The number of likely N-dealkylation sites (tertiary alicyclic amines) is 1. The molecule has 4 atom stereocenters. The maximum atomic E-state index is 12.4. The van der Waals surface area contributed by atoms with Crippen LogP contribution in [-0.2, 0) is 9.59 Å². The molecule has 1 fully saturated rings. The third-order valence-electron chi connectivity index (χ3n) is 4.32. The Labute approximate surface area is 109 Å². The summed E-state index contributed by atoms with van der Waals surface area (Å²) >= 11 is 0. The Bertz CT molecular complexity index is 316. The van der Waals surface area contributed by atoms with Gasteiger partial charge in [-0.15, -0.1) is 0 Å². The van der Waals surface area contributed by atoms with Crippen LogP contribution < -0.4 is 0 Å². The van der Waals surface area contributed by atoms with E-state index in [4.69, 9.17) is 0 Å². The molecular weight excluding hydrogens is 230 g/mol. The van der Waals surface area contributed by atoms with Crippen molar-refractivity contribution in [1.29, 1.82) is 0 Å². The number of nitrogens with zero attached hydrogens (tertiary/aromatic N) is 1. The number of amides is 1. The molecule has 0 spiro atoms. The first-order valence-electron chi connectivity index (χ1n) is 6.91. The molecule has 0 saturated carbocycles. The molecule has 1 N–H and O–H groups in total. The van der Waals surface area contributed by atoms with Crippen molar-refractivity contribution in [1.82, 2.24) is 4.90 Å². The van der Waals surface area contributed by atoms with Crippen LogP contribution in [0.15, 0.2) is 0 Å². The van der Waals surface area contributed by atoms with Crippen molar-refractivity contribution < 1.29 is 14.7 Å². The summed E-state index contributed by atoms with van der Waals surface area (Å²) in [5.41, 5.74) is 0. The lowest BCUT2D eigenvalue weighted by molar-refractivity contribution is -0.155. The Balaban J connectivity index is 2.79. The van der Waals surface area contributed by atoms with E-state index in [9.17, 15) is 14.7 Å². The number of hydrogen-bond donors (Lipinski definition) is 1. The fourth-order valence-corrected chi connectivity index (χ4v) is 2.50. The Morgan fingerprint density at radius 3 is 2.50 bits per heavy atom. The number of aliphatic carboxylic acids is 1. The van der Waals surface area contributed by atoms with Gasteiger partial charge in [0, 0.05) is 12.5 Å². The monoisotopic (exact) mass is 255 g/mol. The van der Waals surface area contributed by atoms with Gasteiger partial charge in [0.25, 0.3) is 0 Å². The van der Waals surface area contributed by atoms with Gasteiger partial charge in [0.2, 0.25) is 5.91 Å². The minimum Gasteiger partial charge on any atom is -0.480 e. The molecule has 4 unspecified atom stereocenters. The first kappa shape index (κ1) is 15.0. The van der Waals surface area contributed by atoms with Crippen LogP contribution in [0.2, 0.25) is 0 Å². The van der Waals surface area contributed by atoms with Crippen LogP contribution in [0.4, 0.5) is 0 Å². The van der Waals surface area contributed by atoms with E-state index in [1.54, 1.807) is 4.90 Å². The van der Waals surface area contributed by atoms with Gasteiger partial charge in [0.1, 0.15) is 6.04 Å². The predicted molar refractivity (Wildman–Crippen MR) is 70.2 cm³/mol. The standard InChI is InChI=1S/C14H25NO3/c1-5-10(3)11(4)13(16)15-7-6-9(2)8-12(15)14(17)18/h9-12H,5-8H2,1-4H3,(H,17,18). The van der Waals surface area contributed by atoms with Gasteiger partial charge in [0.05, 0.1) is 0 Å². The van der Waals surface area contributed by atoms with Crippen molar-refractivity contribution >= 4 is 11.9 Å². The molecule has 1 heterocycles. The first-order chi connectivity index (χ1) is 8.38. The lowest BCUT2D eigenvalue weighted by Gasteiger charge is -2.38. The van der Waals surface area contributed by atoms with Gasteiger partial charge in [-0.3, -0.25) is 4.79 Å². The van der Waals surface area contributed by atoms with E-state index in [0.717, 1.165) is 12.8 Å². The normalized spacial score (nSPS) is 27.7. The minimum absolute atomic E-state index is 0.00338. The molecule has 1 amide bonds. The molecule has 0 radical (unpaired) electrons. The van der Waals surface area contributed by atoms with Crippen LogP contribution in [0.1, 0.15) is 47.0 Å². The zero-order valence-corrected chi connectivity index (χ0v) is 11.8. The second kappa shape index (κ2) is 6.21. The third kappa shape index (κ3) is 3.24. The van der Waals surface area contributed by atoms with Crippen molar-refractivity contribution in [3.05, 3.63) is 0 Å². The Morgan fingerprint density at radius 2 is 2.00 bits per heavy atom. The molecule has 1 aliphatic rings. The summed E-state index contributed by atoms with van der Waals surface area (Å²) in [7, 11) is 0. The number of carboxylic acid groups (broad SMARTS) is 1. The smallest absolute Gasteiger partial charge is 0.326 e. The number of piperidine rings is 1. The maximum absolute atomic E-state index is 12.4. The molecule has 1 rings (SSSR count). The van der Waals surface area contributed by atoms with Gasteiger partial charge >= 0.3 is 5.97 Å². The summed E-state index contributed by atoms with van der Waals surface area (Å²) in [5.74, 6) is -0.277. The highest BCUT2D eigenvalue weighted by Gasteiger charge is 2.37. The first-order valence-corrected chi connectivity index (χ1v) is 6.91. The van der Waals surface area contributed by atoms with Crippen LogP contribution in [-0.4, -0.2) is 34.5 Å². The van der Waals surface area contributed by atoms with E-state index in [-0.39, 0.29) is 11.8 Å². The van der Waals surface area contributed by atoms with Gasteiger partial charge in [0.15, 0.2) is 0 Å². The van der Waals surface area contributed by atoms with E-state index in [1.165, 1.54) is 0 Å². The fourth-order valence-electron chi connectivity index (χ4n) is 2.50. The van der Waals surface area contributed by atoms with Crippen molar-refractivity contribution in [2.45, 2.75) is 53.0 Å². The largest absolute Gasteiger partial charge is 0.480 e. The summed E-state index contributed by atoms with van der Waals surface area (Å²) in [6.07, 6.45) is 2.42. The highest BCUT2D eigenvalue weighted by molar-refractivity contribution is 5.85. The van der Waals surface area contributed by atoms with Gasteiger partial charge in [-0.2, -0.15) is 0 Å². The fraction of sp³-hybridized carbons (Fsp3) is 0.857. The van der Waals surface area contributed by atoms with Crippen molar-refractivity contribution in [3.8, 4) is 0 Å². The highest BCUT2D eigenvalue weighted by atomic mass is 16.4. The Morgan fingerprint density at radius 1 is 1.39 bits per heavy atom. The van der Waals surface area contributed by atoms with Gasteiger partial charge < -0.3 is 10.0 Å². The summed E-state index contributed by atoms with van der Waals surface area (Å²) < 4.78 is 0. The van der Waals surface area contributed by atoms with Crippen LogP contribution in [0, 0.1) is 17.8 Å². The number of carbonyl (C=O) groups excluding carboxylic acids is 1. The number of carboxylic acids is 1.